The zero-order valence-electron chi connectivity index (χ0n) is 18.1. The Bertz CT molecular complexity index is 2250. The van der Waals surface area contributed by atoms with Crippen molar-refractivity contribution < 1.29 is 0 Å². The Morgan fingerprint density at radius 1 is 0.636 bits per heavy atom. The molecule has 0 unspecified atom stereocenters. The first-order valence-electron chi connectivity index (χ1n) is 11.3. The lowest BCUT2D eigenvalue weighted by Crippen LogP contribution is -2.25. The van der Waals surface area contributed by atoms with Gasteiger partial charge in [-0.2, -0.15) is 0 Å². The number of benzene rings is 4. The van der Waals surface area contributed by atoms with Gasteiger partial charge in [0.2, 0.25) is 0 Å². The Labute approximate surface area is 188 Å². The van der Waals surface area contributed by atoms with Crippen molar-refractivity contribution >= 4 is 77.4 Å². The van der Waals surface area contributed by atoms with E-state index in [4.69, 9.17) is 6.42 Å². The molecule has 2 heteroatoms. The van der Waals surface area contributed by atoms with Crippen LogP contribution in [0.15, 0.2) is 72.8 Å². The standard InChI is InChI=1S/C31H18N2/c1-3-11-18-22(4-2)32-23-15-8-5-12-19(23)28-29-21-14-7-10-17-25(21)33-24-16-9-6-13-20(24)27(31(29)33)26(18)30(28)32/h1,4-17H,2H3/b18-11+,22-4+. The molecule has 0 amide bonds. The maximum absolute atomic E-state index is 5.87. The summed E-state index contributed by atoms with van der Waals surface area (Å²) in [6, 6.07) is 26.3. The second-order valence-corrected chi connectivity index (χ2v) is 8.82. The van der Waals surface area contributed by atoms with E-state index in [1.807, 2.05) is 6.08 Å². The van der Waals surface area contributed by atoms with Gasteiger partial charge in [-0.05, 0) is 31.2 Å². The van der Waals surface area contributed by atoms with Crippen LogP contribution in [0, 0.1) is 12.3 Å². The number of para-hydroxylation sites is 3. The largest absolute Gasteiger partial charge is 0.308 e. The molecular formula is C31H18N2. The van der Waals surface area contributed by atoms with E-state index in [1.165, 1.54) is 70.6 Å². The third-order valence-electron chi connectivity index (χ3n) is 7.42. The third kappa shape index (κ3) is 1.74. The molecule has 0 radical (unpaired) electrons. The summed E-state index contributed by atoms with van der Waals surface area (Å²) in [5.74, 6) is 2.83. The van der Waals surface area contributed by atoms with Crippen LogP contribution in [-0.2, 0) is 0 Å². The summed E-state index contributed by atoms with van der Waals surface area (Å²) in [5.41, 5.74) is 6.29. The number of rotatable bonds is 0. The highest BCUT2D eigenvalue weighted by Crippen LogP contribution is 2.47. The highest BCUT2D eigenvalue weighted by Gasteiger charge is 2.27. The Kier molecular flexibility index (Phi) is 2.93. The SMILES string of the molecule is C#C/C=c1\c(=C/C)n2c3ccccc3c3c4c5ccccc5n5c6ccccc6c(c1c32)c45. The fraction of sp³-hybridized carbons (Fsp3) is 0.0323. The first-order chi connectivity index (χ1) is 16.3. The highest BCUT2D eigenvalue weighted by atomic mass is 14.9. The number of nitrogens with zero attached hydrogens (tertiary/aromatic N) is 2. The van der Waals surface area contributed by atoms with Crippen LogP contribution in [-0.4, -0.2) is 8.80 Å². The number of hydrogen-bond acceptors (Lipinski definition) is 0. The summed E-state index contributed by atoms with van der Waals surface area (Å²) in [6.07, 6.45) is 10.0. The Hall–Kier alpha value is -4.48. The van der Waals surface area contributed by atoms with Gasteiger partial charge in [0.15, 0.2) is 0 Å². The van der Waals surface area contributed by atoms with Crippen molar-refractivity contribution in [2.75, 3.05) is 0 Å². The molecule has 0 aliphatic rings. The molecule has 4 aromatic heterocycles. The molecule has 0 bridgehead atoms. The van der Waals surface area contributed by atoms with Gasteiger partial charge >= 0.3 is 0 Å². The quantitative estimate of drug-likeness (QED) is 0.265. The first kappa shape index (κ1) is 17.1. The van der Waals surface area contributed by atoms with Crippen molar-refractivity contribution in [3.05, 3.63) is 83.4 Å². The van der Waals surface area contributed by atoms with Gasteiger partial charge in [0.1, 0.15) is 0 Å². The number of hydrogen-bond donors (Lipinski definition) is 0. The maximum Gasteiger partial charge on any atom is 0.0634 e. The molecule has 4 heterocycles. The summed E-state index contributed by atoms with van der Waals surface area (Å²) in [7, 11) is 0. The molecule has 0 N–H and O–H groups in total. The fourth-order valence-corrected chi connectivity index (χ4v) is 6.36. The van der Waals surface area contributed by atoms with Gasteiger partial charge in [-0.3, -0.25) is 0 Å². The van der Waals surface area contributed by atoms with E-state index < -0.39 is 0 Å². The number of fused-ring (bicyclic) bond motifs is 11. The van der Waals surface area contributed by atoms with E-state index in [1.54, 1.807) is 0 Å². The molecule has 0 aliphatic heterocycles. The zero-order valence-corrected chi connectivity index (χ0v) is 18.1. The van der Waals surface area contributed by atoms with E-state index in [-0.39, 0.29) is 0 Å². The molecule has 33 heavy (non-hydrogen) atoms. The third-order valence-corrected chi connectivity index (χ3v) is 7.42. The van der Waals surface area contributed by atoms with Gasteiger partial charge in [0, 0.05) is 42.9 Å². The van der Waals surface area contributed by atoms with Crippen molar-refractivity contribution in [2.45, 2.75) is 6.92 Å². The number of aromatic nitrogens is 2. The molecule has 4 aromatic carbocycles. The van der Waals surface area contributed by atoms with Gasteiger partial charge < -0.3 is 8.80 Å². The summed E-state index contributed by atoms with van der Waals surface area (Å²) < 4.78 is 4.88. The average molecular weight is 418 g/mol. The number of terminal acetylenes is 1. The maximum atomic E-state index is 5.87. The van der Waals surface area contributed by atoms with Crippen LogP contribution in [0.3, 0.4) is 0 Å². The Morgan fingerprint density at radius 3 is 1.61 bits per heavy atom. The van der Waals surface area contributed by atoms with Crippen LogP contribution in [0.1, 0.15) is 6.92 Å². The lowest BCUT2D eigenvalue weighted by Gasteiger charge is -2.01. The second kappa shape index (κ2) is 5.65. The van der Waals surface area contributed by atoms with Gasteiger partial charge in [-0.25, -0.2) is 0 Å². The molecule has 0 saturated carbocycles. The van der Waals surface area contributed by atoms with E-state index in [9.17, 15) is 0 Å². The van der Waals surface area contributed by atoms with Gasteiger partial charge in [-0.15, -0.1) is 6.42 Å². The van der Waals surface area contributed by atoms with Crippen molar-refractivity contribution in [2.24, 2.45) is 0 Å². The minimum Gasteiger partial charge on any atom is -0.308 e. The second-order valence-electron chi connectivity index (χ2n) is 8.82. The molecular weight excluding hydrogens is 400 g/mol. The molecule has 8 rings (SSSR count). The lowest BCUT2D eigenvalue weighted by atomic mass is 9.98. The summed E-state index contributed by atoms with van der Waals surface area (Å²) in [5, 5.41) is 11.4. The zero-order chi connectivity index (χ0) is 21.8. The predicted molar refractivity (Wildman–Crippen MR) is 141 cm³/mol. The van der Waals surface area contributed by atoms with Crippen LogP contribution in [0.4, 0.5) is 0 Å². The van der Waals surface area contributed by atoms with E-state index in [0.717, 1.165) is 5.22 Å². The molecule has 0 fully saturated rings. The van der Waals surface area contributed by atoms with E-state index >= 15 is 0 Å². The molecule has 8 aromatic rings. The van der Waals surface area contributed by atoms with Gasteiger partial charge in [0.05, 0.1) is 32.9 Å². The van der Waals surface area contributed by atoms with Crippen molar-refractivity contribution in [1.29, 1.82) is 0 Å². The van der Waals surface area contributed by atoms with Gasteiger partial charge in [-0.1, -0.05) is 66.6 Å². The van der Waals surface area contributed by atoms with E-state index in [0.29, 0.717) is 0 Å². The van der Waals surface area contributed by atoms with Crippen LogP contribution < -0.4 is 10.6 Å². The molecule has 0 saturated heterocycles. The van der Waals surface area contributed by atoms with Crippen molar-refractivity contribution in [1.82, 2.24) is 8.80 Å². The van der Waals surface area contributed by atoms with Crippen molar-refractivity contribution in [3.8, 4) is 12.3 Å². The molecule has 0 atom stereocenters. The topological polar surface area (TPSA) is 8.82 Å². The minimum atomic E-state index is 1.14. The van der Waals surface area contributed by atoms with Crippen LogP contribution in [0.5, 0.6) is 0 Å². The smallest absolute Gasteiger partial charge is 0.0634 e. The first-order valence-corrected chi connectivity index (χ1v) is 11.3. The van der Waals surface area contributed by atoms with Crippen molar-refractivity contribution in [3.63, 3.8) is 0 Å². The van der Waals surface area contributed by atoms with E-state index in [2.05, 4.69) is 101 Å². The summed E-state index contributed by atoms with van der Waals surface area (Å²) in [4.78, 5) is 0. The van der Waals surface area contributed by atoms with Gasteiger partial charge in [0.25, 0.3) is 0 Å². The average Bonchev–Trinajstić information content (AvgIpc) is 3.56. The molecule has 0 spiro atoms. The molecule has 2 nitrogen and oxygen atoms in total. The van der Waals surface area contributed by atoms with Crippen LogP contribution in [0.25, 0.3) is 77.4 Å². The fourth-order valence-electron chi connectivity index (χ4n) is 6.36. The summed E-state index contributed by atoms with van der Waals surface area (Å²) in [6.45, 7) is 2.11. The Morgan fingerprint density at radius 2 is 1.09 bits per heavy atom. The normalized spacial score (nSPS) is 13.9. The van der Waals surface area contributed by atoms with Crippen LogP contribution in [0.2, 0.25) is 0 Å². The summed E-state index contributed by atoms with van der Waals surface area (Å²) >= 11 is 0. The van der Waals surface area contributed by atoms with Crippen LogP contribution >= 0.6 is 0 Å². The lowest BCUT2D eigenvalue weighted by molar-refractivity contribution is 1.21. The molecule has 0 aliphatic carbocycles. The monoisotopic (exact) mass is 418 g/mol. The minimum absolute atomic E-state index is 1.14. The highest BCUT2D eigenvalue weighted by molar-refractivity contribution is 6.41. The Balaban J connectivity index is 1.96. The predicted octanol–water partition coefficient (Wildman–Crippen LogP) is 6.05. The molecule has 152 valence electrons.